The predicted octanol–water partition coefficient (Wildman–Crippen LogP) is 5.44. The maximum absolute atomic E-state index is 5.56. The largest absolute Gasteiger partial charge is 0.351 e. The minimum atomic E-state index is 0.0529. The molecule has 0 saturated heterocycles. The normalized spacial score (nSPS) is 11.8. The van der Waals surface area contributed by atoms with Gasteiger partial charge in [-0.15, -0.1) is 11.3 Å². The van der Waals surface area contributed by atoms with E-state index >= 15 is 0 Å². The van der Waals surface area contributed by atoms with Crippen LogP contribution in [-0.4, -0.2) is 5.11 Å². The molecule has 2 N–H and O–H groups in total. The van der Waals surface area contributed by atoms with E-state index in [0.717, 1.165) is 5.69 Å². The van der Waals surface area contributed by atoms with E-state index in [0.29, 0.717) is 5.11 Å². The second-order valence-electron chi connectivity index (χ2n) is 5.83. The van der Waals surface area contributed by atoms with Crippen LogP contribution in [0.5, 0.6) is 0 Å². The van der Waals surface area contributed by atoms with Gasteiger partial charge in [0.25, 0.3) is 0 Å². The Morgan fingerprint density at radius 1 is 0.958 bits per heavy atom. The Balaban J connectivity index is 1.79. The van der Waals surface area contributed by atoms with Gasteiger partial charge in [-0.05, 0) is 66.3 Å². The summed E-state index contributed by atoms with van der Waals surface area (Å²) in [6.07, 6.45) is 0. The number of nitrogens with one attached hydrogen (secondary N) is 2. The number of hydrogen-bond donors (Lipinski definition) is 2. The lowest BCUT2D eigenvalue weighted by molar-refractivity contribution is 0.784. The van der Waals surface area contributed by atoms with Gasteiger partial charge in [-0.1, -0.05) is 42.5 Å². The highest BCUT2D eigenvalue weighted by molar-refractivity contribution is 7.80. The molecule has 0 radical (unpaired) electrons. The topological polar surface area (TPSA) is 24.1 Å². The third kappa shape index (κ3) is 4.22. The van der Waals surface area contributed by atoms with Crippen molar-refractivity contribution in [2.24, 2.45) is 0 Å². The van der Waals surface area contributed by atoms with Crippen LogP contribution in [0.25, 0.3) is 0 Å². The van der Waals surface area contributed by atoms with Gasteiger partial charge in [0, 0.05) is 10.6 Å². The van der Waals surface area contributed by atoms with E-state index in [-0.39, 0.29) is 6.04 Å². The minimum Gasteiger partial charge on any atom is -0.351 e. The first kappa shape index (κ1) is 16.7. The fourth-order valence-electron chi connectivity index (χ4n) is 2.76. The summed E-state index contributed by atoms with van der Waals surface area (Å²) in [5, 5.41) is 9.48. The first-order valence-electron chi connectivity index (χ1n) is 7.86. The Hall–Kier alpha value is -2.17. The van der Waals surface area contributed by atoms with Gasteiger partial charge in [0.15, 0.2) is 5.11 Å². The third-order valence-electron chi connectivity index (χ3n) is 3.72. The van der Waals surface area contributed by atoms with Crippen LogP contribution in [0.15, 0.2) is 66.0 Å². The van der Waals surface area contributed by atoms with Crippen molar-refractivity contribution in [1.29, 1.82) is 0 Å². The molecule has 2 nitrogen and oxygen atoms in total. The molecule has 24 heavy (non-hydrogen) atoms. The Labute approximate surface area is 152 Å². The number of anilines is 1. The summed E-state index contributed by atoms with van der Waals surface area (Å²) in [6, 6.07) is 21.0. The van der Waals surface area contributed by atoms with Crippen LogP contribution in [0, 0.1) is 13.8 Å². The maximum atomic E-state index is 5.56. The first-order valence-corrected chi connectivity index (χ1v) is 9.15. The number of benzene rings is 2. The van der Waals surface area contributed by atoms with Gasteiger partial charge in [-0.25, -0.2) is 0 Å². The molecule has 0 spiro atoms. The summed E-state index contributed by atoms with van der Waals surface area (Å²) in [4.78, 5) is 1.24. The van der Waals surface area contributed by atoms with Gasteiger partial charge >= 0.3 is 0 Å². The fourth-order valence-corrected chi connectivity index (χ4v) is 3.80. The fraction of sp³-hybridized carbons (Fsp3) is 0.150. The number of aryl methyl sites for hydroxylation is 2. The molecular weight excluding hydrogens is 332 g/mol. The van der Waals surface area contributed by atoms with Crippen LogP contribution in [-0.2, 0) is 0 Å². The van der Waals surface area contributed by atoms with Gasteiger partial charge < -0.3 is 10.6 Å². The number of hydrogen-bond acceptors (Lipinski definition) is 2. The second kappa shape index (κ2) is 7.60. The molecule has 0 aliphatic rings. The van der Waals surface area contributed by atoms with Gasteiger partial charge in [0.05, 0.1) is 6.04 Å². The van der Waals surface area contributed by atoms with Crippen LogP contribution in [0.1, 0.15) is 27.6 Å². The van der Waals surface area contributed by atoms with Crippen molar-refractivity contribution < 1.29 is 0 Å². The zero-order valence-corrected chi connectivity index (χ0v) is 15.4. The van der Waals surface area contributed by atoms with Crippen molar-refractivity contribution >= 4 is 34.4 Å². The van der Waals surface area contributed by atoms with E-state index in [9.17, 15) is 0 Å². The monoisotopic (exact) mass is 352 g/mol. The molecule has 0 amide bonds. The average Bonchev–Trinajstić information content (AvgIpc) is 3.06. The second-order valence-corrected chi connectivity index (χ2v) is 7.22. The zero-order valence-electron chi connectivity index (χ0n) is 13.7. The molecule has 0 bridgehead atoms. The van der Waals surface area contributed by atoms with Crippen LogP contribution in [0.3, 0.4) is 0 Å². The summed E-state index contributed by atoms with van der Waals surface area (Å²) in [5.74, 6) is 0. The minimum absolute atomic E-state index is 0.0529. The lowest BCUT2D eigenvalue weighted by atomic mass is 10.1. The Kier molecular flexibility index (Phi) is 5.28. The Morgan fingerprint density at radius 2 is 1.67 bits per heavy atom. The molecule has 1 heterocycles. The number of rotatable bonds is 4. The highest BCUT2D eigenvalue weighted by Crippen LogP contribution is 2.26. The molecule has 1 atom stereocenters. The SMILES string of the molecule is Cc1cc(C)cc(NC(=S)N[C@H](c2ccccc2)c2cccs2)c1. The van der Waals surface area contributed by atoms with Crippen molar-refractivity contribution in [3.05, 3.63) is 87.6 Å². The van der Waals surface area contributed by atoms with Crippen LogP contribution >= 0.6 is 23.6 Å². The van der Waals surface area contributed by atoms with Gasteiger partial charge in [0.2, 0.25) is 0 Å². The number of thiocarbonyl (C=S) groups is 1. The molecular formula is C20H20N2S2. The molecule has 0 aliphatic carbocycles. The summed E-state index contributed by atoms with van der Waals surface area (Å²) in [5.41, 5.74) is 4.66. The highest BCUT2D eigenvalue weighted by atomic mass is 32.1. The Bertz CT molecular complexity index is 791. The van der Waals surface area contributed by atoms with E-state index in [1.807, 2.05) is 6.07 Å². The van der Waals surface area contributed by atoms with Gasteiger partial charge in [-0.2, -0.15) is 0 Å². The van der Waals surface area contributed by atoms with Crippen molar-refractivity contribution in [1.82, 2.24) is 5.32 Å². The smallest absolute Gasteiger partial charge is 0.171 e. The standard InChI is InChI=1S/C20H20N2S2/c1-14-11-15(2)13-17(12-14)21-20(23)22-19(18-9-6-10-24-18)16-7-4-3-5-8-16/h3-13,19H,1-2H3,(H2,21,22,23)/t19-/m1/s1. The zero-order chi connectivity index (χ0) is 16.9. The summed E-state index contributed by atoms with van der Waals surface area (Å²) in [7, 11) is 0. The Morgan fingerprint density at radius 3 is 2.29 bits per heavy atom. The van der Waals surface area contributed by atoms with E-state index in [4.69, 9.17) is 12.2 Å². The highest BCUT2D eigenvalue weighted by Gasteiger charge is 2.16. The van der Waals surface area contributed by atoms with Gasteiger partial charge in [0.1, 0.15) is 0 Å². The molecule has 1 aromatic heterocycles. The summed E-state index contributed by atoms with van der Waals surface area (Å²) in [6.45, 7) is 4.18. The molecule has 0 unspecified atom stereocenters. The quantitative estimate of drug-likeness (QED) is 0.611. The maximum Gasteiger partial charge on any atom is 0.171 e. The number of thiophene rings is 1. The van der Waals surface area contributed by atoms with Crippen molar-refractivity contribution in [3.63, 3.8) is 0 Å². The molecule has 122 valence electrons. The van der Waals surface area contributed by atoms with Crippen LogP contribution in [0.4, 0.5) is 5.69 Å². The summed E-state index contributed by atoms with van der Waals surface area (Å²) >= 11 is 7.28. The first-order chi connectivity index (χ1) is 11.6. The molecule has 2 aromatic carbocycles. The third-order valence-corrected chi connectivity index (χ3v) is 4.87. The van der Waals surface area contributed by atoms with E-state index in [2.05, 4.69) is 84.5 Å². The van der Waals surface area contributed by atoms with Gasteiger partial charge in [-0.3, -0.25) is 0 Å². The lowest BCUT2D eigenvalue weighted by Gasteiger charge is -2.21. The molecule has 0 aliphatic heterocycles. The van der Waals surface area contributed by atoms with Crippen molar-refractivity contribution in [2.45, 2.75) is 19.9 Å². The molecule has 3 rings (SSSR count). The molecule has 0 fully saturated rings. The molecule has 3 aromatic rings. The molecule has 0 saturated carbocycles. The summed E-state index contributed by atoms with van der Waals surface area (Å²) < 4.78 is 0. The predicted molar refractivity (Wildman–Crippen MR) is 108 cm³/mol. The van der Waals surface area contributed by atoms with E-state index in [1.165, 1.54) is 21.6 Å². The van der Waals surface area contributed by atoms with E-state index in [1.54, 1.807) is 11.3 Å². The van der Waals surface area contributed by atoms with Crippen molar-refractivity contribution in [3.8, 4) is 0 Å². The van der Waals surface area contributed by atoms with E-state index < -0.39 is 0 Å². The molecule has 4 heteroatoms. The average molecular weight is 353 g/mol. The lowest BCUT2D eigenvalue weighted by Crippen LogP contribution is -2.32. The van der Waals surface area contributed by atoms with Crippen molar-refractivity contribution in [2.75, 3.05) is 5.32 Å². The van der Waals surface area contributed by atoms with Crippen LogP contribution in [0.2, 0.25) is 0 Å². The van der Waals surface area contributed by atoms with Crippen LogP contribution < -0.4 is 10.6 Å².